The SMILES string of the molecule is COc1cc(NCCCCCN2C(=O)c3ccccc3C2=O)c2nccc(C)c2c1Oc1ccc(Cl)c(Cl)c1. The van der Waals surface area contributed by atoms with Crippen LogP contribution in [0, 0.1) is 6.92 Å². The summed E-state index contributed by atoms with van der Waals surface area (Å²) in [5.41, 5.74) is 3.54. The lowest BCUT2D eigenvalue weighted by molar-refractivity contribution is 0.0651. The molecule has 0 unspecified atom stereocenters. The molecule has 5 rings (SSSR count). The van der Waals surface area contributed by atoms with E-state index >= 15 is 0 Å². The van der Waals surface area contributed by atoms with Crippen LogP contribution in [0.5, 0.6) is 17.2 Å². The average molecular weight is 564 g/mol. The Morgan fingerprint density at radius 3 is 2.36 bits per heavy atom. The van der Waals surface area contributed by atoms with Crippen molar-refractivity contribution in [2.24, 2.45) is 0 Å². The molecule has 0 saturated heterocycles. The molecular weight excluding hydrogens is 537 g/mol. The first kappa shape index (κ1) is 26.8. The van der Waals surface area contributed by atoms with E-state index in [9.17, 15) is 9.59 Å². The second kappa shape index (κ2) is 11.5. The van der Waals surface area contributed by atoms with Gasteiger partial charge in [-0.15, -0.1) is 0 Å². The number of hydrogen-bond acceptors (Lipinski definition) is 6. The summed E-state index contributed by atoms with van der Waals surface area (Å²) in [7, 11) is 1.59. The van der Waals surface area contributed by atoms with Crippen molar-refractivity contribution in [3.05, 3.63) is 87.5 Å². The van der Waals surface area contributed by atoms with E-state index < -0.39 is 0 Å². The van der Waals surface area contributed by atoms with Crippen molar-refractivity contribution >= 4 is 51.6 Å². The third-order valence-corrected chi connectivity index (χ3v) is 7.46. The van der Waals surface area contributed by atoms with Crippen LogP contribution in [-0.2, 0) is 0 Å². The van der Waals surface area contributed by atoms with E-state index in [1.54, 1.807) is 55.8 Å². The molecule has 0 atom stereocenters. The van der Waals surface area contributed by atoms with Crippen molar-refractivity contribution < 1.29 is 19.1 Å². The number of nitrogens with zero attached hydrogens (tertiary/aromatic N) is 2. The Bertz CT molecular complexity index is 1540. The summed E-state index contributed by atoms with van der Waals surface area (Å²) in [5, 5.41) is 5.15. The molecule has 39 heavy (non-hydrogen) atoms. The maximum absolute atomic E-state index is 12.6. The largest absolute Gasteiger partial charge is 0.493 e. The van der Waals surface area contributed by atoms with Gasteiger partial charge in [-0.25, -0.2) is 0 Å². The molecule has 0 saturated carbocycles. The van der Waals surface area contributed by atoms with E-state index in [1.807, 2.05) is 19.1 Å². The van der Waals surface area contributed by atoms with Crippen molar-refractivity contribution in [3.8, 4) is 17.2 Å². The Hall–Kier alpha value is -3.81. The number of hydrogen-bond donors (Lipinski definition) is 1. The van der Waals surface area contributed by atoms with Gasteiger partial charge in [0.2, 0.25) is 0 Å². The van der Waals surface area contributed by atoms with Gasteiger partial charge >= 0.3 is 0 Å². The highest BCUT2D eigenvalue weighted by molar-refractivity contribution is 6.42. The third kappa shape index (κ3) is 5.37. The molecule has 1 aliphatic heterocycles. The number of methoxy groups -OCH3 is 1. The number of fused-ring (bicyclic) bond motifs is 2. The molecule has 200 valence electrons. The molecular formula is C30H27Cl2N3O4. The second-order valence-corrected chi connectivity index (χ2v) is 10.1. The zero-order valence-corrected chi connectivity index (χ0v) is 23.1. The van der Waals surface area contributed by atoms with Gasteiger partial charge in [-0.1, -0.05) is 35.3 Å². The van der Waals surface area contributed by atoms with Crippen LogP contribution in [0.1, 0.15) is 45.5 Å². The van der Waals surface area contributed by atoms with Crippen LogP contribution < -0.4 is 14.8 Å². The molecule has 1 aromatic heterocycles. The number of carbonyl (C=O) groups excluding carboxylic acids is 2. The van der Waals surface area contributed by atoms with Crippen LogP contribution in [0.4, 0.5) is 5.69 Å². The summed E-state index contributed by atoms with van der Waals surface area (Å²) in [5.74, 6) is 1.21. The van der Waals surface area contributed by atoms with E-state index in [1.165, 1.54) is 4.90 Å². The summed E-state index contributed by atoms with van der Waals surface area (Å²) >= 11 is 12.3. The van der Waals surface area contributed by atoms with Crippen molar-refractivity contribution in [1.29, 1.82) is 0 Å². The average Bonchev–Trinajstić information content (AvgIpc) is 3.18. The number of unbranched alkanes of at least 4 members (excludes halogenated alkanes) is 2. The van der Waals surface area contributed by atoms with E-state index in [0.717, 1.165) is 41.4 Å². The van der Waals surface area contributed by atoms with Crippen LogP contribution in [0.2, 0.25) is 10.0 Å². The molecule has 1 N–H and O–H groups in total. The molecule has 4 aromatic rings. The lowest BCUT2D eigenvalue weighted by Gasteiger charge is -2.18. The number of carbonyl (C=O) groups is 2. The van der Waals surface area contributed by atoms with Gasteiger partial charge in [0.1, 0.15) is 5.75 Å². The van der Waals surface area contributed by atoms with Gasteiger partial charge in [-0.2, -0.15) is 0 Å². The first-order valence-electron chi connectivity index (χ1n) is 12.7. The van der Waals surface area contributed by atoms with E-state index in [4.69, 9.17) is 32.7 Å². The molecule has 0 aliphatic carbocycles. The quantitative estimate of drug-likeness (QED) is 0.158. The highest BCUT2D eigenvalue weighted by atomic mass is 35.5. The van der Waals surface area contributed by atoms with Crippen LogP contribution >= 0.6 is 23.2 Å². The minimum Gasteiger partial charge on any atom is -0.493 e. The van der Waals surface area contributed by atoms with Gasteiger partial charge in [0.05, 0.1) is 44.9 Å². The summed E-state index contributed by atoms with van der Waals surface area (Å²) < 4.78 is 11.9. The molecule has 9 heteroatoms. The Labute approximate surface area is 236 Å². The highest BCUT2D eigenvalue weighted by Gasteiger charge is 2.34. The molecule has 3 aromatic carbocycles. The second-order valence-electron chi connectivity index (χ2n) is 9.28. The minimum atomic E-state index is -0.211. The Morgan fingerprint density at radius 2 is 1.67 bits per heavy atom. The normalized spacial score (nSPS) is 12.7. The number of imide groups is 1. The van der Waals surface area contributed by atoms with Gasteiger partial charge in [0.25, 0.3) is 11.8 Å². The van der Waals surface area contributed by atoms with Crippen LogP contribution in [-0.4, -0.2) is 41.9 Å². The van der Waals surface area contributed by atoms with Crippen LogP contribution in [0.3, 0.4) is 0 Å². The molecule has 2 amide bonds. The zero-order chi connectivity index (χ0) is 27.5. The summed E-state index contributed by atoms with van der Waals surface area (Å²) in [6.07, 6.45) is 4.19. The Balaban J connectivity index is 1.25. The zero-order valence-electron chi connectivity index (χ0n) is 21.6. The predicted molar refractivity (Wildman–Crippen MR) is 154 cm³/mol. The first-order valence-corrected chi connectivity index (χ1v) is 13.4. The molecule has 0 spiro atoms. The fourth-order valence-corrected chi connectivity index (χ4v) is 5.01. The van der Waals surface area contributed by atoms with E-state index in [-0.39, 0.29) is 11.8 Å². The van der Waals surface area contributed by atoms with Gasteiger partial charge in [0.15, 0.2) is 11.5 Å². The van der Waals surface area contributed by atoms with E-state index in [0.29, 0.717) is 51.5 Å². The third-order valence-electron chi connectivity index (χ3n) is 6.72. The number of aromatic nitrogens is 1. The topological polar surface area (TPSA) is 80.8 Å². The van der Waals surface area contributed by atoms with Crippen LogP contribution in [0.25, 0.3) is 10.9 Å². The minimum absolute atomic E-state index is 0.211. The maximum atomic E-state index is 12.6. The molecule has 1 aliphatic rings. The Morgan fingerprint density at radius 1 is 0.923 bits per heavy atom. The number of rotatable bonds is 10. The number of halogens is 2. The smallest absolute Gasteiger partial charge is 0.261 e. The number of ether oxygens (including phenoxy) is 2. The van der Waals surface area contributed by atoms with Crippen molar-refractivity contribution in [3.63, 3.8) is 0 Å². The van der Waals surface area contributed by atoms with Crippen LogP contribution in [0.15, 0.2) is 60.8 Å². The maximum Gasteiger partial charge on any atom is 0.261 e. The monoisotopic (exact) mass is 563 g/mol. The number of aryl methyl sites for hydroxylation is 1. The van der Waals surface area contributed by atoms with Gasteiger partial charge < -0.3 is 14.8 Å². The summed E-state index contributed by atoms with van der Waals surface area (Å²) in [4.78, 5) is 31.1. The number of anilines is 1. The van der Waals surface area contributed by atoms with Crippen molar-refractivity contribution in [1.82, 2.24) is 9.88 Å². The molecule has 0 radical (unpaired) electrons. The number of benzene rings is 3. The van der Waals surface area contributed by atoms with Gasteiger partial charge in [-0.05, 0) is 62.1 Å². The van der Waals surface area contributed by atoms with Crippen molar-refractivity contribution in [2.45, 2.75) is 26.2 Å². The predicted octanol–water partition coefficient (Wildman–Crippen LogP) is 7.53. The Kier molecular flexibility index (Phi) is 7.91. The highest BCUT2D eigenvalue weighted by Crippen LogP contribution is 2.44. The summed E-state index contributed by atoms with van der Waals surface area (Å²) in [6.45, 7) is 3.09. The van der Waals surface area contributed by atoms with Gasteiger partial charge in [-0.3, -0.25) is 19.5 Å². The van der Waals surface area contributed by atoms with E-state index in [2.05, 4.69) is 10.3 Å². The lowest BCUT2D eigenvalue weighted by atomic mass is 10.1. The van der Waals surface area contributed by atoms with Gasteiger partial charge in [0, 0.05) is 31.4 Å². The standard InChI is InChI=1S/C30H27Cl2N3O4/c1-18-12-14-34-27-24(17-25(38-2)28(26(18)27)39-19-10-11-22(31)23(32)16-19)33-13-6-3-7-15-35-29(36)20-8-4-5-9-21(20)30(35)37/h4-5,8-12,14,16-17,33H,3,6-7,13,15H2,1-2H3. The molecule has 0 fully saturated rings. The van der Waals surface area contributed by atoms with Crippen molar-refractivity contribution in [2.75, 3.05) is 25.5 Å². The molecule has 7 nitrogen and oxygen atoms in total. The number of amides is 2. The fourth-order valence-electron chi connectivity index (χ4n) is 4.72. The molecule has 2 heterocycles. The number of pyridine rings is 1. The first-order chi connectivity index (χ1) is 18.9. The molecule has 0 bridgehead atoms. The fraction of sp³-hybridized carbons (Fsp3) is 0.233. The number of nitrogens with one attached hydrogen (secondary N) is 1. The lowest BCUT2D eigenvalue weighted by Crippen LogP contribution is -2.30. The summed E-state index contributed by atoms with van der Waals surface area (Å²) in [6, 6.07) is 15.9.